The van der Waals surface area contributed by atoms with Gasteiger partial charge in [0.15, 0.2) is 11.5 Å². The number of hydrogen-bond donors (Lipinski definition) is 1. The van der Waals surface area contributed by atoms with Crippen LogP contribution in [0.3, 0.4) is 0 Å². The Balaban J connectivity index is 2.10. The van der Waals surface area contributed by atoms with E-state index in [0.717, 1.165) is 17.1 Å². The van der Waals surface area contributed by atoms with Crippen molar-refractivity contribution in [2.75, 3.05) is 13.2 Å². The van der Waals surface area contributed by atoms with Crippen LogP contribution < -0.4 is 15.2 Å². The molecule has 1 aromatic carbocycles. The molecule has 4 heteroatoms. The van der Waals surface area contributed by atoms with Gasteiger partial charge < -0.3 is 15.2 Å². The largest absolute Gasteiger partial charge is 0.486 e. The van der Waals surface area contributed by atoms with Gasteiger partial charge in [-0.25, -0.2) is 0 Å². The summed E-state index contributed by atoms with van der Waals surface area (Å²) in [5.41, 5.74) is 6.12. The lowest BCUT2D eigenvalue weighted by Crippen LogP contribution is -2.15. The Morgan fingerprint density at radius 3 is 2.73 bits per heavy atom. The van der Waals surface area contributed by atoms with Gasteiger partial charge in [-0.15, -0.1) is 0 Å². The summed E-state index contributed by atoms with van der Waals surface area (Å²) in [7, 11) is 0. The molecule has 80 valence electrons. The summed E-state index contributed by atoms with van der Waals surface area (Å²) >= 11 is 0. The molecule has 0 spiro atoms. The topological polar surface area (TPSA) is 61.6 Å². The highest BCUT2D eigenvalue weighted by molar-refractivity contribution is 5.74. The van der Waals surface area contributed by atoms with Crippen molar-refractivity contribution in [1.82, 2.24) is 0 Å². The van der Waals surface area contributed by atoms with Crippen LogP contribution in [0.1, 0.15) is 12.0 Å². The van der Waals surface area contributed by atoms with E-state index in [9.17, 15) is 4.79 Å². The molecule has 2 rings (SSSR count). The lowest BCUT2D eigenvalue weighted by molar-refractivity contribution is -0.117. The van der Waals surface area contributed by atoms with Crippen LogP contribution in [-0.2, 0) is 11.2 Å². The van der Waals surface area contributed by atoms with Gasteiger partial charge in [0.05, 0.1) is 0 Å². The summed E-state index contributed by atoms with van der Waals surface area (Å²) in [4.78, 5) is 10.6. The van der Waals surface area contributed by atoms with E-state index in [0.29, 0.717) is 26.1 Å². The van der Waals surface area contributed by atoms with Crippen LogP contribution in [0.5, 0.6) is 11.5 Å². The summed E-state index contributed by atoms with van der Waals surface area (Å²) in [5, 5.41) is 0. The second-order valence-electron chi connectivity index (χ2n) is 3.44. The van der Waals surface area contributed by atoms with E-state index in [1.54, 1.807) is 0 Å². The monoisotopic (exact) mass is 207 g/mol. The first-order valence-electron chi connectivity index (χ1n) is 4.92. The number of rotatable bonds is 3. The lowest BCUT2D eigenvalue weighted by Gasteiger charge is -2.18. The minimum absolute atomic E-state index is 0.287. The zero-order chi connectivity index (χ0) is 10.7. The second-order valence-corrected chi connectivity index (χ2v) is 3.44. The molecule has 0 radical (unpaired) electrons. The minimum Gasteiger partial charge on any atom is -0.486 e. The third kappa shape index (κ3) is 2.40. The quantitative estimate of drug-likeness (QED) is 0.800. The van der Waals surface area contributed by atoms with Crippen LogP contribution in [0.15, 0.2) is 18.2 Å². The smallest absolute Gasteiger partial charge is 0.217 e. The molecule has 2 N–H and O–H groups in total. The number of carbonyl (C=O) groups excluding carboxylic acids is 1. The molecule has 0 aliphatic carbocycles. The fourth-order valence-corrected chi connectivity index (χ4v) is 1.51. The van der Waals surface area contributed by atoms with Crippen molar-refractivity contribution in [2.24, 2.45) is 5.73 Å². The molecule has 4 nitrogen and oxygen atoms in total. The molecule has 0 atom stereocenters. The van der Waals surface area contributed by atoms with E-state index < -0.39 is 0 Å². The zero-order valence-electron chi connectivity index (χ0n) is 8.36. The number of benzene rings is 1. The van der Waals surface area contributed by atoms with E-state index >= 15 is 0 Å². The molecule has 0 unspecified atom stereocenters. The second kappa shape index (κ2) is 4.21. The Hall–Kier alpha value is -1.71. The fraction of sp³-hybridized carbons (Fsp3) is 0.364. The van der Waals surface area contributed by atoms with Crippen molar-refractivity contribution in [2.45, 2.75) is 12.8 Å². The van der Waals surface area contributed by atoms with Crippen LogP contribution in [0.25, 0.3) is 0 Å². The Morgan fingerprint density at radius 2 is 2.00 bits per heavy atom. The third-order valence-corrected chi connectivity index (χ3v) is 2.27. The molecule has 0 bridgehead atoms. The van der Waals surface area contributed by atoms with Gasteiger partial charge >= 0.3 is 0 Å². The highest BCUT2D eigenvalue weighted by atomic mass is 16.6. The average molecular weight is 207 g/mol. The number of carbonyl (C=O) groups is 1. The third-order valence-electron chi connectivity index (χ3n) is 2.27. The first-order valence-corrected chi connectivity index (χ1v) is 4.92. The predicted molar refractivity (Wildman–Crippen MR) is 54.9 cm³/mol. The Morgan fingerprint density at radius 1 is 1.27 bits per heavy atom. The van der Waals surface area contributed by atoms with E-state index in [1.807, 2.05) is 18.2 Å². The van der Waals surface area contributed by atoms with Crippen LogP contribution in [0.4, 0.5) is 0 Å². The first kappa shape index (κ1) is 9.83. The SMILES string of the molecule is NC(=O)CCc1ccc2c(c1)OCCO2. The van der Waals surface area contributed by atoms with Crippen molar-refractivity contribution < 1.29 is 14.3 Å². The van der Waals surface area contributed by atoms with E-state index in [2.05, 4.69) is 0 Å². The van der Waals surface area contributed by atoms with Gasteiger partial charge in [0, 0.05) is 6.42 Å². The maximum atomic E-state index is 10.6. The standard InChI is InChI=1S/C11H13NO3/c12-11(13)4-2-8-1-3-9-10(7-8)15-6-5-14-9/h1,3,7H,2,4-6H2,(H2,12,13). The summed E-state index contributed by atoms with van der Waals surface area (Å²) in [6.07, 6.45) is 1.01. The number of ether oxygens (including phenoxy) is 2. The number of amides is 1. The molecule has 0 saturated carbocycles. The lowest BCUT2D eigenvalue weighted by atomic mass is 10.1. The molecule has 1 aliphatic rings. The van der Waals surface area contributed by atoms with Gasteiger partial charge in [0.2, 0.25) is 5.91 Å². The highest BCUT2D eigenvalue weighted by Gasteiger charge is 2.11. The summed E-state index contributed by atoms with van der Waals surface area (Å²) < 4.78 is 10.8. The van der Waals surface area contributed by atoms with E-state index in [4.69, 9.17) is 15.2 Å². The van der Waals surface area contributed by atoms with Gasteiger partial charge in [-0.1, -0.05) is 6.07 Å². The van der Waals surface area contributed by atoms with Gasteiger partial charge in [-0.2, -0.15) is 0 Å². The minimum atomic E-state index is -0.287. The van der Waals surface area contributed by atoms with Crippen LogP contribution in [-0.4, -0.2) is 19.1 Å². The Kier molecular flexibility index (Phi) is 2.76. The van der Waals surface area contributed by atoms with Crippen molar-refractivity contribution in [1.29, 1.82) is 0 Å². The molecule has 1 amide bonds. The van der Waals surface area contributed by atoms with E-state index in [1.165, 1.54) is 0 Å². The number of hydrogen-bond acceptors (Lipinski definition) is 3. The average Bonchev–Trinajstić information content (AvgIpc) is 2.26. The van der Waals surface area contributed by atoms with Crippen molar-refractivity contribution in [3.05, 3.63) is 23.8 Å². The van der Waals surface area contributed by atoms with Gasteiger partial charge in [-0.3, -0.25) is 4.79 Å². The van der Waals surface area contributed by atoms with Gasteiger partial charge in [0.25, 0.3) is 0 Å². The molecule has 1 aliphatic heterocycles. The predicted octanol–water partition coefficient (Wildman–Crippen LogP) is 0.876. The van der Waals surface area contributed by atoms with Crippen LogP contribution in [0.2, 0.25) is 0 Å². The van der Waals surface area contributed by atoms with Crippen LogP contribution >= 0.6 is 0 Å². The molecule has 0 aromatic heterocycles. The van der Waals surface area contributed by atoms with E-state index in [-0.39, 0.29) is 5.91 Å². The first-order chi connectivity index (χ1) is 7.25. The number of aryl methyl sites for hydroxylation is 1. The molecule has 15 heavy (non-hydrogen) atoms. The molecule has 1 heterocycles. The maximum absolute atomic E-state index is 10.6. The molecule has 1 aromatic rings. The zero-order valence-corrected chi connectivity index (χ0v) is 8.36. The van der Waals surface area contributed by atoms with Crippen LogP contribution in [0, 0.1) is 0 Å². The van der Waals surface area contributed by atoms with Crippen molar-refractivity contribution >= 4 is 5.91 Å². The molecule has 0 saturated heterocycles. The number of primary amides is 1. The molecular weight excluding hydrogens is 194 g/mol. The molecular formula is C11H13NO3. The molecule has 0 fully saturated rings. The summed E-state index contributed by atoms with van der Waals surface area (Å²) in [5.74, 6) is 1.23. The van der Waals surface area contributed by atoms with Crippen molar-refractivity contribution in [3.63, 3.8) is 0 Å². The van der Waals surface area contributed by atoms with Crippen molar-refractivity contribution in [3.8, 4) is 11.5 Å². The fourth-order valence-electron chi connectivity index (χ4n) is 1.51. The summed E-state index contributed by atoms with van der Waals surface area (Å²) in [6.45, 7) is 1.17. The number of nitrogens with two attached hydrogens (primary N) is 1. The number of fused-ring (bicyclic) bond motifs is 1. The maximum Gasteiger partial charge on any atom is 0.217 e. The highest BCUT2D eigenvalue weighted by Crippen LogP contribution is 2.30. The Bertz CT molecular complexity index is 376. The van der Waals surface area contributed by atoms with Gasteiger partial charge in [-0.05, 0) is 24.1 Å². The Labute approximate surface area is 88.0 Å². The summed E-state index contributed by atoms with van der Waals surface area (Å²) in [6, 6.07) is 5.69. The normalized spacial score (nSPS) is 13.6. The van der Waals surface area contributed by atoms with Gasteiger partial charge in [0.1, 0.15) is 13.2 Å².